The number of carbonyl (C=O) groups excluding carboxylic acids is 2. The van der Waals surface area contributed by atoms with Crippen LogP contribution in [0.2, 0.25) is 0 Å². The first-order valence-electron chi connectivity index (χ1n) is 5.40. The predicted octanol–water partition coefficient (Wildman–Crippen LogP) is -0.336. The lowest BCUT2D eigenvalue weighted by Crippen LogP contribution is -2.47. The number of hydrogen-bond acceptors (Lipinski definition) is 3. The number of carbonyl (C=O) groups is 2. The summed E-state index contributed by atoms with van der Waals surface area (Å²) >= 11 is 0. The topological polar surface area (TPSA) is 95.7 Å². The van der Waals surface area contributed by atoms with E-state index in [-0.39, 0.29) is 12.5 Å². The van der Waals surface area contributed by atoms with Crippen molar-refractivity contribution in [3.63, 3.8) is 0 Å². The van der Waals surface area contributed by atoms with Gasteiger partial charge in [-0.3, -0.25) is 4.79 Å². The van der Waals surface area contributed by atoms with Gasteiger partial charge in [-0.1, -0.05) is 0 Å². The van der Waals surface area contributed by atoms with Crippen LogP contribution in [0.5, 0.6) is 0 Å². The van der Waals surface area contributed by atoms with E-state index in [1.807, 2.05) is 0 Å². The largest absolute Gasteiger partial charge is 0.396 e. The second-order valence-electron chi connectivity index (χ2n) is 3.77. The van der Waals surface area contributed by atoms with E-state index in [1.165, 1.54) is 0 Å². The average molecular weight is 231 g/mol. The van der Waals surface area contributed by atoms with Gasteiger partial charge in [0.25, 0.3) is 0 Å². The molecule has 16 heavy (non-hydrogen) atoms. The first-order chi connectivity index (χ1) is 7.49. The second-order valence-corrected chi connectivity index (χ2v) is 3.77. The van der Waals surface area contributed by atoms with E-state index in [4.69, 9.17) is 10.8 Å². The first kappa shape index (κ1) is 14.7. The molecule has 0 radical (unpaired) electrons. The van der Waals surface area contributed by atoms with Crippen LogP contribution in [0.3, 0.4) is 0 Å². The summed E-state index contributed by atoms with van der Waals surface area (Å²) in [6, 6.07) is -1.30. The molecular weight excluding hydrogens is 210 g/mol. The fraction of sp³-hybridized carbons (Fsp3) is 0.800. The molecule has 0 spiro atoms. The minimum atomic E-state index is -0.700. The van der Waals surface area contributed by atoms with Gasteiger partial charge < -0.3 is 21.1 Å². The highest BCUT2D eigenvalue weighted by Crippen LogP contribution is 1.99. The van der Waals surface area contributed by atoms with Crippen LogP contribution in [0.4, 0.5) is 4.79 Å². The van der Waals surface area contributed by atoms with Crippen LogP contribution < -0.4 is 11.1 Å². The lowest BCUT2D eigenvalue weighted by atomic mass is 10.2. The van der Waals surface area contributed by atoms with E-state index in [0.29, 0.717) is 6.54 Å². The van der Waals surface area contributed by atoms with Crippen LogP contribution in [0, 0.1) is 0 Å². The minimum absolute atomic E-state index is 0.164. The van der Waals surface area contributed by atoms with Crippen molar-refractivity contribution in [1.82, 2.24) is 10.2 Å². The number of primary amides is 1. The van der Waals surface area contributed by atoms with Gasteiger partial charge in [-0.15, -0.1) is 0 Å². The van der Waals surface area contributed by atoms with Crippen molar-refractivity contribution in [2.45, 2.75) is 32.2 Å². The Morgan fingerprint density at radius 1 is 1.38 bits per heavy atom. The third-order valence-electron chi connectivity index (χ3n) is 2.26. The average Bonchev–Trinajstić information content (AvgIpc) is 2.22. The molecule has 0 aliphatic heterocycles. The molecule has 0 aliphatic carbocycles. The molecule has 0 rings (SSSR count). The Bertz CT molecular complexity index is 233. The Hall–Kier alpha value is -1.30. The Kier molecular flexibility index (Phi) is 7.28. The zero-order chi connectivity index (χ0) is 12.6. The van der Waals surface area contributed by atoms with Crippen LogP contribution in [0.1, 0.15) is 26.2 Å². The van der Waals surface area contributed by atoms with Gasteiger partial charge in [-0.2, -0.15) is 0 Å². The number of urea groups is 1. The summed E-state index contributed by atoms with van der Waals surface area (Å²) in [5, 5.41) is 10.9. The molecular formula is C10H21N3O3. The fourth-order valence-electron chi connectivity index (χ4n) is 1.35. The summed E-state index contributed by atoms with van der Waals surface area (Å²) in [5.41, 5.74) is 4.92. The van der Waals surface area contributed by atoms with E-state index >= 15 is 0 Å². The molecule has 0 fully saturated rings. The number of aliphatic hydroxyl groups is 1. The number of unbranched alkanes of at least 4 members (excludes halogenated alkanes) is 2. The van der Waals surface area contributed by atoms with E-state index in [0.717, 1.165) is 19.3 Å². The van der Waals surface area contributed by atoms with Crippen LogP contribution in [0.15, 0.2) is 0 Å². The van der Waals surface area contributed by atoms with Crippen molar-refractivity contribution in [1.29, 1.82) is 0 Å². The quantitative estimate of drug-likeness (QED) is 0.523. The van der Waals surface area contributed by atoms with Crippen molar-refractivity contribution in [3.8, 4) is 0 Å². The lowest BCUT2D eigenvalue weighted by molar-refractivity contribution is -0.131. The fourth-order valence-corrected chi connectivity index (χ4v) is 1.35. The monoisotopic (exact) mass is 231 g/mol. The summed E-state index contributed by atoms with van der Waals surface area (Å²) in [4.78, 5) is 23.8. The summed E-state index contributed by atoms with van der Waals surface area (Å²) in [5.74, 6) is -0.164. The first-order valence-corrected chi connectivity index (χ1v) is 5.40. The number of rotatable bonds is 7. The van der Waals surface area contributed by atoms with Gasteiger partial charge in [0, 0.05) is 20.2 Å². The third kappa shape index (κ3) is 6.23. The molecule has 94 valence electrons. The standard InChI is InChI=1S/C10H21N3O3/c1-8(12-10(11)16)9(15)13(2)6-4-3-5-7-14/h8,14H,3-7H2,1-2H3,(H3,11,12,16). The van der Waals surface area contributed by atoms with E-state index in [2.05, 4.69) is 5.32 Å². The van der Waals surface area contributed by atoms with Crippen LogP contribution in [-0.4, -0.2) is 48.2 Å². The van der Waals surface area contributed by atoms with Crippen molar-refractivity contribution >= 4 is 11.9 Å². The highest BCUT2D eigenvalue weighted by Gasteiger charge is 2.17. The molecule has 1 unspecified atom stereocenters. The maximum Gasteiger partial charge on any atom is 0.312 e. The number of nitrogens with two attached hydrogens (primary N) is 1. The molecule has 0 heterocycles. The predicted molar refractivity (Wildman–Crippen MR) is 60.8 cm³/mol. The number of amides is 3. The van der Waals surface area contributed by atoms with Crippen molar-refractivity contribution in [2.75, 3.05) is 20.2 Å². The normalized spacial score (nSPS) is 11.9. The Morgan fingerprint density at radius 2 is 2.00 bits per heavy atom. The molecule has 0 saturated carbocycles. The molecule has 4 N–H and O–H groups in total. The molecule has 0 aliphatic rings. The van der Waals surface area contributed by atoms with Gasteiger partial charge >= 0.3 is 6.03 Å². The molecule has 0 aromatic rings. The number of hydrogen-bond donors (Lipinski definition) is 3. The van der Waals surface area contributed by atoms with Crippen LogP contribution in [-0.2, 0) is 4.79 Å². The number of nitrogens with one attached hydrogen (secondary N) is 1. The summed E-state index contributed by atoms with van der Waals surface area (Å²) < 4.78 is 0. The highest BCUT2D eigenvalue weighted by atomic mass is 16.3. The summed E-state index contributed by atoms with van der Waals surface area (Å²) in [6.07, 6.45) is 2.47. The Labute approximate surface area is 95.8 Å². The van der Waals surface area contributed by atoms with E-state index in [1.54, 1.807) is 18.9 Å². The molecule has 0 aromatic carbocycles. The van der Waals surface area contributed by atoms with Crippen LogP contribution >= 0.6 is 0 Å². The SMILES string of the molecule is CC(NC(N)=O)C(=O)N(C)CCCCCO. The number of likely N-dealkylation sites (N-methyl/N-ethyl adjacent to an activating group) is 1. The minimum Gasteiger partial charge on any atom is -0.396 e. The lowest BCUT2D eigenvalue weighted by Gasteiger charge is -2.21. The summed E-state index contributed by atoms with van der Waals surface area (Å²) in [7, 11) is 1.68. The Morgan fingerprint density at radius 3 is 2.50 bits per heavy atom. The number of aliphatic hydroxyl groups excluding tert-OH is 1. The van der Waals surface area contributed by atoms with Gasteiger partial charge in [-0.25, -0.2) is 4.79 Å². The third-order valence-corrected chi connectivity index (χ3v) is 2.26. The zero-order valence-electron chi connectivity index (χ0n) is 9.90. The van der Waals surface area contributed by atoms with Gasteiger partial charge in [-0.05, 0) is 26.2 Å². The molecule has 6 nitrogen and oxygen atoms in total. The van der Waals surface area contributed by atoms with Gasteiger partial charge in [0.15, 0.2) is 0 Å². The van der Waals surface area contributed by atoms with E-state index in [9.17, 15) is 9.59 Å². The summed E-state index contributed by atoms with van der Waals surface area (Å²) in [6.45, 7) is 2.39. The smallest absolute Gasteiger partial charge is 0.312 e. The Balaban J connectivity index is 3.84. The molecule has 1 atom stereocenters. The van der Waals surface area contributed by atoms with Crippen molar-refractivity contribution < 1.29 is 14.7 Å². The molecule has 3 amide bonds. The zero-order valence-corrected chi connectivity index (χ0v) is 9.90. The molecule has 6 heteroatoms. The number of nitrogens with zero attached hydrogens (tertiary/aromatic N) is 1. The van der Waals surface area contributed by atoms with Gasteiger partial charge in [0.1, 0.15) is 6.04 Å². The maximum atomic E-state index is 11.6. The van der Waals surface area contributed by atoms with Gasteiger partial charge in [0.05, 0.1) is 0 Å². The highest BCUT2D eigenvalue weighted by molar-refractivity contribution is 5.85. The van der Waals surface area contributed by atoms with Gasteiger partial charge in [0.2, 0.25) is 5.91 Å². The van der Waals surface area contributed by atoms with Crippen molar-refractivity contribution in [3.05, 3.63) is 0 Å². The second kappa shape index (κ2) is 7.92. The molecule has 0 aromatic heterocycles. The molecule has 0 bridgehead atoms. The maximum absolute atomic E-state index is 11.6. The van der Waals surface area contributed by atoms with Crippen LogP contribution in [0.25, 0.3) is 0 Å². The van der Waals surface area contributed by atoms with E-state index < -0.39 is 12.1 Å². The van der Waals surface area contributed by atoms with Crippen molar-refractivity contribution in [2.24, 2.45) is 5.73 Å². The molecule has 0 saturated heterocycles.